The van der Waals surface area contributed by atoms with Gasteiger partial charge in [0.1, 0.15) is 0 Å². The van der Waals surface area contributed by atoms with Crippen molar-refractivity contribution in [1.82, 2.24) is 4.90 Å². The minimum absolute atomic E-state index is 0.106. The summed E-state index contributed by atoms with van der Waals surface area (Å²) >= 11 is 0. The first-order chi connectivity index (χ1) is 10.3. The Labute approximate surface area is 133 Å². The van der Waals surface area contributed by atoms with E-state index in [1.54, 1.807) is 6.92 Å². The van der Waals surface area contributed by atoms with Gasteiger partial charge in [-0.25, -0.2) is 0 Å². The third-order valence-electron chi connectivity index (χ3n) is 4.40. The number of piperidine rings is 1. The summed E-state index contributed by atoms with van der Waals surface area (Å²) in [5.41, 5.74) is 1.30. The van der Waals surface area contributed by atoms with Crippen molar-refractivity contribution in [1.29, 1.82) is 0 Å². The highest BCUT2D eigenvalue weighted by Crippen LogP contribution is 2.23. The second-order valence-electron chi connectivity index (χ2n) is 7.03. The first-order valence-corrected chi connectivity index (χ1v) is 8.05. The van der Waals surface area contributed by atoms with Crippen molar-refractivity contribution in [3.05, 3.63) is 29.8 Å². The lowest BCUT2D eigenvalue weighted by molar-refractivity contribution is 0.0283. The Morgan fingerprint density at radius 2 is 1.82 bits per heavy atom. The number of nitrogens with zero attached hydrogens (tertiary/aromatic N) is 2. The van der Waals surface area contributed by atoms with Gasteiger partial charge in [-0.1, -0.05) is 0 Å². The molecule has 0 spiro atoms. The van der Waals surface area contributed by atoms with Crippen LogP contribution in [0.5, 0.6) is 0 Å². The molecule has 2 rings (SSSR count). The number of rotatable bonds is 5. The van der Waals surface area contributed by atoms with Gasteiger partial charge in [-0.15, -0.1) is 0 Å². The molecule has 1 saturated heterocycles. The molecule has 1 fully saturated rings. The average molecular weight is 304 g/mol. The van der Waals surface area contributed by atoms with Crippen LogP contribution in [0.3, 0.4) is 0 Å². The second kappa shape index (κ2) is 6.80. The maximum Gasteiger partial charge on any atom is 0.159 e. The minimum atomic E-state index is -0.624. The van der Waals surface area contributed by atoms with E-state index in [9.17, 15) is 9.90 Å². The zero-order valence-corrected chi connectivity index (χ0v) is 14.2. The number of β-amino-alcohol motifs (C(OH)–C–C–N with tert-alkyl or cyclic N) is 1. The van der Waals surface area contributed by atoms with Gasteiger partial charge in [0.25, 0.3) is 0 Å². The molecule has 122 valence electrons. The molecule has 0 aliphatic carbocycles. The largest absolute Gasteiger partial charge is 0.389 e. The highest BCUT2D eigenvalue weighted by molar-refractivity contribution is 5.94. The van der Waals surface area contributed by atoms with Crippen LogP contribution in [0.1, 0.15) is 44.0 Å². The van der Waals surface area contributed by atoms with E-state index in [1.165, 1.54) is 0 Å². The molecule has 4 nitrogen and oxygen atoms in total. The molecule has 0 aromatic heterocycles. The molecule has 0 radical (unpaired) electrons. The van der Waals surface area contributed by atoms with Crippen molar-refractivity contribution < 1.29 is 9.90 Å². The van der Waals surface area contributed by atoms with E-state index in [-0.39, 0.29) is 5.78 Å². The fourth-order valence-corrected chi connectivity index (χ4v) is 3.15. The van der Waals surface area contributed by atoms with Gasteiger partial charge in [0.15, 0.2) is 5.78 Å². The highest BCUT2D eigenvalue weighted by atomic mass is 16.3. The van der Waals surface area contributed by atoms with Gasteiger partial charge < -0.3 is 14.9 Å². The highest BCUT2D eigenvalue weighted by Gasteiger charge is 2.26. The minimum Gasteiger partial charge on any atom is -0.389 e. The number of benzene rings is 1. The Hall–Kier alpha value is -1.39. The van der Waals surface area contributed by atoms with Crippen molar-refractivity contribution in [2.45, 2.75) is 45.3 Å². The number of likely N-dealkylation sites (tertiary alicyclic amines) is 1. The lowest BCUT2D eigenvalue weighted by Crippen LogP contribution is -2.47. The zero-order chi connectivity index (χ0) is 16.3. The number of hydrogen-bond donors (Lipinski definition) is 1. The van der Waals surface area contributed by atoms with Crippen molar-refractivity contribution >= 4 is 11.5 Å². The van der Waals surface area contributed by atoms with Gasteiger partial charge >= 0.3 is 0 Å². The molecular formula is C18H28N2O2. The summed E-state index contributed by atoms with van der Waals surface area (Å²) < 4.78 is 0. The molecule has 1 aliphatic rings. The number of carbonyl (C=O) groups excluding carboxylic acids is 1. The molecule has 1 heterocycles. The molecule has 1 aliphatic heterocycles. The molecule has 22 heavy (non-hydrogen) atoms. The summed E-state index contributed by atoms with van der Waals surface area (Å²) in [5.74, 6) is 0.106. The number of anilines is 1. The van der Waals surface area contributed by atoms with Gasteiger partial charge in [0.2, 0.25) is 0 Å². The molecule has 0 unspecified atom stereocenters. The van der Waals surface area contributed by atoms with E-state index in [2.05, 4.69) is 16.8 Å². The van der Waals surface area contributed by atoms with Gasteiger partial charge in [0.05, 0.1) is 5.60 Å². The van der Waals surface area contributed by atoms with Gasteiger partial charge in [-0.3, -0.25) is 4.79 Å². The molecule has 0 atom stereocenters. The summed E-state index contributed by atoms with van der Waals surface area (Å²) in [6.07, 6.45) is 2.20. The van der Waals surface area contributed by atoms with Crippen LogP contribution in [0.2, 0.25) is 0 Å². The first kappa shape index (κ1) is 17.0. The zero-order valence-electron chi connectivity index (χ0n) is 14.2. The molecule has 1 aromatic carbocycles. The second-order valence-corrected chi connectivity index (χ2v) is 7.03. The van der Waals surface area contributed by atoms with Crippen LogP contribution in [-0.4, -0.2) is 54.1 Å². The van der Waals surface area contributed by atoms with Crippen LogP contribution in [0.4, 0.5) is 5.69 Å². The van der Waals surface area contributed by atoms with Gasteiger partial charge in [-0.2, -0.15) is 0 Å². The van der Waals surface area contributed by atoms with Crippen LogP contribution in [0.15, 0.2) is 24.3 Å². The Balaban J connectivity index is 1.92. The van der Waals surface area contributed by atoms with Crippen LogP contribution in [0, 0.1) is 0 Å². The smallest absolute Gasteiger partial charge is 0.159 e. The van der Waals surface area contributed by atoms with Crippen LogP contribution >= 0.6 is 0 Å². The third-order valence-corrected chi connectivity index (χ3v) is 4.40. The Kier molecular flexibility index (Phi) is 5.24. The molecule has 4 heteroatoms. The Morgan fingerprint density at radius 3 is 2.27 bits per heavy atom. The lowest BCUT2D eigenvalue weighted by atomic mass is 10.0. The normalized spacial score (nSPS) is 17.5. The van der Waals surface area contributed by atoms with Gasteiger partial charge in [0, 0.05) is 44.0 Å². The third kappa shape index (κ3) is 4.55. The monoisotopic (exact) mass is 304 g/mol. The van der Waals surface area contributed by atoms with E-state index in [1.807, 2.05) is 38.1 Å². The lowest BCUT2D eigenvalue weighted by Gasteiger charge is -2.39. The molecule has 1 N–H and O–H groups in total. The molecule has 0 bridgehead atoms. The van der Waals surface area contributed by atoms with Crippen LogP contribution in [0.25, 0.3) is 0 Å². The van der Waals surface area contributed by atoms with E-state index in [0.29, 0.717) is 6.04 Å². The van der Waals surface area contributed by atoms with Crippen LogP contribution in [-0.2, 0) is 0 Å². The Morgan fingerprint density at radius 1 is 1.27 bits per heavy atom. The molecular weight excluding hydrogens is 276 g/mol. The average Bonchev–Trinajstić information content (AvgIpc) is 2.46. The quantitative estimate of drug-likeness (QED) is 0.849. The fraction of sp³-hybridized carbons (Fsp3) is 0.611. The number of hydrogen-bond acceptors (Lipinski definition) is 4. The van der Waals surface area contributed by atoms with Crippen molar-refractivity contribution in [3.63, 3.8) is 0 Å². The summed E-state index contributed by atoms with van der Waals surface area (Å²) in [6.45, 7) is 8.09. The SMILES string of the molecule is CC(=O)c1ccc(N(C)C2CCN(CC(C)(C)O)CC2)cc1. The molecule has 0 amide bonds. The fourth-order valence-electron chi connectivity index (χ4n) is 3.15. The number of ketones is 1. The standard InChI is InChI=1S/C18H28N2O2/c1-14(21)15-5-7-16(8-6-15)19(4)17-9-11-20(12-10-17)13-18(2,3)22/h5-8,17,22H,9-13H2,1-4H3. The molecule has 1 aromatic rings. The summed E-state index contributed by atoms with van der Waals surface area (Å²) in [6, 6.07) is 8.37. The van der Waals surface area contributed by atoms with E-state index < -0.39 is 5.60 Å². The predicted molar refractivity (Wildman–Crippen MR) is 90.6 cm³/mol. The maximum atomic E-state index is 11.3. The van der Waals surface area contributed by atoms with E-state index in [0.717, 1.165) is 43.7 Å². The first-order valence-electron chi connectivity index (χ1n) is 8.05. The Bertz CT molecular complexity index is 497. The number of Topliss-reactive ketones (excluding diaryl/α,β-unsaturated/α-hetero) is 1. The summed E-state index contributed by atoms with van der Waals surface area (Å²) in [7, 11) is 2.12. The summed E-state index contributed by atoms with van der Waals surface area (Å²) in [4.78, 5) is 16.0. The van der Waals surface area contributed by atoms with Crippen molar-refractivity contribution in [2.75, 3.05) is 31.6 Å². The summed E-state index contributed by atoms with van der Waals surface area (Å²) in [5, 5.41) is 9.91. The number of carbonyl (C=O) groups is 1. The van der Waals surface area contributed by atoms with E-state index in [4.69, 9.17) is 0 Å². The maximum absolute atomic E-state index is 11.3. The molecule has 0 saturated carbocycles. The van der Waals surface area contributed by atoms with Crippen molar-refractivity contribution in [2.24, 2.45) is 0 Å². The number of aliphatic hydroxyl groups is 1. The predicted octanol–water partition coefficient (Wildman–Crippen LogP) is 2.56. The topological polar surface area (TPSA) is 43.8 Å². The van der Waals surface area contributed by atoms with Crippen LogP contribution < -0.4 is 4.90 Å². The van der Waals surface area contributed by atoms with Crippen molar-refractivity contribution in [3.8, 4) is 0 Å². The van der Waals surface area contributed by atoms with Gasteiger partial charge in [-0.05, 0) is 57.9 Å². The van der Waals surface area contributed by atoms with E-state index >= 15 is 0 Å².